The van der Waals surface area contributed by atoms with E-state index in [1.807, 2.05) is 6.07 Å². The number of nitrogens with zero attached hydrogens (tertiary/aromatic N) is 1. The number of alkyl halides is 1. The van der Waals surface area contributed by atoms with Gasteiger partial charge in [0, 0.05) is 15.6 Å². The normalized spacial score (nSPS) is 21.6. The zero-order chi connectivity index (χ0) is 12.6. The number of fused-ring (bicyclic) bond motifs is 1. The van der Waals surface area contributed by atoms with E-state index in [4.69, 9.17) is 4.99 Å². The largest absolute Gasteiger partial charge is 0.272 e. The molecule has 0 amide bonds. The van der Waals surface area contributed by atoms with Crippen molar-refractivity contribution in [1.82, 2.24) is 0 Å². The molecule has 2 heteroatoms. The molecule has 1 atom stereocenters. The van der Waals surface area contributed by atoms with Gasteiger partial charge in [-0.3, -0.25) is 4.99 Å². The Kier molecular flexibility index (Phi) is 2.98. The van der Waals surface area contributed by atoms with Gasteiger partial charge in [0.15, 0.2) is 0 Å². The topological polar surface area (TPSA) is 12.4 Å². The molecule has 0 saturated heterocycles. The second-order valence-electron chi connectivity index (χ2n) is 4.78. The van der Waals surface area contributed by atoms with E-state index in [2.05, 4.69) is 78.0 Å². The highest BCUT2D eigenvalue weighted by molar-refractivity contribution is 14.1. The van der Waals surface area contributed by atoms with Crippen molar-refractivity contribution in [3.63, 3.8) is 0 Å². The molecule has 1 aliphatic heterocycles. The third kappa shape index (κ3) is 1.79. The Hall–Kier alpha value is -1.16. The molecular formula is C16H14IN. The molecule has 2 aromatic carbocycles. The summed E-state index contributed by atoms with van der Waals surface area (Å²) in [5, 5.41) is 0. The van der Waals surface area contributed by atoms with Crippen LogP contribution < -0.4 is 0 Å². The van der Waals surface area contributed by atoms with Gasteiger partial charge in [0.1, 0.15) is 0 Å². The molecule has 2 aromatic rings. The number of benzene rings is 2. The average molecular weight is 347 g/mol. The van der Waals surface area contributed by atoms with E-state index in [-0.39, 0.29) is 5.54 Å². The smallest absolute Gasteiger partial charge is 0.0931 e. The summed E-state index contributed by atoms with van der Waals surface area (Å²) in [5.41, 5.74) is 4.88. The van der Waals surface area contributed by atoms with E-state index in [9.17, 15) is 0 Å². The van der Waals surface area contributed by atoms with Crippen LogP contribution in [0.3, 0.4) is 0 Å². The Labute approximate surface area is 121 Å². The summed E-state index contributed by atoms with van der Waals surface area (Å²) >= 11 is 2.43. The lowest BCUT2D eigenvalue weighted by atomic mass is 9.92. The summed E-state index contributed by atoms with van der Waals surface area (Å²) in [4.78, 5) is 4.99. The summed E-state index contributed by atoms with van der Waals surface area (Å²) in [6.07, 6.45) is 0. The van der Waals surface area contributed by atoms with Crippen molar-refractivity contribution in [2.24, 2.45) is 4.99 Å². The van der Waals surface area contributed by atoms with Crippen molar-refractivity contribution < 1.29 is 0 Å². The Bertz CT molecular complexity index is 604. The third-order valence-electron chi connectivity index (χ3n) is 3.43. The van der Waals surface area contributed by atoms with Crippen LogP contribution in [0.15, 0.2) is 59.6 Å². The van der Waals surface area contributed by atoms with E-state index >= 15 is 0 Å². The van der Waals surface area contributed by atoms with Crippen LogP contribution in [0.5, 0.6) is 0 Å². The van der Waals surface area contributed by atoms with Gasteiger partial charge in [-0.05, 0) is 12.5 Å². The summed E-state index contributed by atoms with van der Waals surface area (Å²) in [5.74, 6) is 0. The molecule has 1 nitrogen and oxygen atoms in total. The first-order valence-electron chi connectivity index (χ1n) is 6.06. The molecule has 0 N–H and O–H groups in total. The maximum absolute atomic E-state index is 4.99. The number of hydrogen-bond acceptors (Lipinski definition) is 1. The average Bonchev–Trinajstić information content (AvgIpc) is 2.75. The molecular weight excluding hydrogens is 333 g/mol. The molecule has 0 spiro atoms. The van der Waals surface area contributed by atoms with E-state index < -0.39 is 0 Å². The van der Waals surface area contributed by atoms with Gasteiger partial charge in [-0.1, -0.05) is 77.2 Å². The zero-order valence-corrected chi connectivity index (χ0v) is 12.4. The van der Waals surface area contributed by atoms with Crippen LogP contribution in [0.4, 0.5) is 0 Å². The molecule has 90 valence electrons. The first-order valence-corrected chi connectivity index (χ1v) is 7.58. The molecule has 0 aromatic heterocycles. The molecule has 18 heavy (non-hydrogen) atoms. The number of halogens is 1. The minimum atomic E-state index is -0.0810. The monoisotopic (exact) mass is 347 g/mol. The van der Waals surface area contributed by atoms with Crippen molar-refractivity contribution in [2.75, 3.05) is 4.43 Å². The lowest BCUT2D eigenvalue weighted by Crippen LogP contribution is -2.18. The highest BCUT2D eigenvalue weighted by Gasteiger charge is 2.34. The molecule has 0 bridgehead atoms. The van der Waals surface area contributed by atoms with Crippen molar-refractivity contribution >= 4 is 28.3 Å². The van der Waals surface area contributed by atoms with Gasteiger partial charge in [-0.25, -0.2) is 0 Å². The Balaban J connectivity index is 2.20. The van der Waals surface area contributed by atoms with Gasteiger partial charge in [-0.15, -0.1) is 0 Å². The first kappa shape index (κ1) is 11.9. The maximum atomic E-state index is 4.99. The van der Waals surface area contributed by atoms with Gasteiger partial charge in [-0.2, -0.15) is 0 Å². The van der Waals surface area contributed by atoms with Crippen LogP contribution in [0.2, 0.25) is 0 Å². The Morgan fingerprint density at radius 3 is 2.39 bits per heavy atom. The van der Waals surface area contributed by atoms with Crippen molar-refractivity contribution in [3.05, 3.63) is 71.3 Å². The number of rotatable bonds is 2. The van der Waals surface area contributed by atoms with Crippen LogP contribution >= 0.6 is 22.6 Å². The van der Waals surface area contributed by atoms with Gasteiger partial charge in [0.2, 0.25) is 0 Å². The molecule has 0 radical (unpaired) electrons. The molecule has 1 heterocycles. The van der Waals surface area contributed by atoms with Crippen molar-refractivity contribution in [3.8, 4) is 0 Å². The molecule has 1 aliphatic rings. The second kappa shape index (κ2) is 4.50. The van der Waals surface area contributed by atoms with Crippen LogP contribution in [0, 0.1) is 0 Å². The van der Waals surface area contributed by atoms with Crippen LogP contribution in [-0.2, 0) is 5.54 Å². The molecule has 0 aliphatic carbocycles. The van der Waals surface area contributed by atoms with Crippen LogP contribution in [-0.4, -0.2) is 10.1 Å². The minimum absolute atomic E-state index is 0.0810. The predicted octanol–water partition coefficient (Wildman–Crippen LogP) is 4.19. The van der Waals surface area contributed by atoms with E-state index in [0.29, 0.717) is 0 Å². The highest BCUT2D eigenvalue weighted by Crippen LogP contribution is 2.38. The zero-order valence-electron chi connectivity index (χ0n) is 10.2. The molecule has 1 unspecified atom stereocenters. The van der Waals surface area contributed by atoms with Crippen molar-refractivity contribution in [2.45, 2.75) is 12.5 Å². The standard InChI is InChI=1S/C16H14IN/c1-16(11-17)14-10-6-5-9-13(14)15(18-16)12-7-3-2-4-8-12/h2-10H,11H2,1H3. The van der Waals surface area contributed by atoms with Crippen LogP contribution in [0.25, 0.3) is 0 Å². The summed E-state index contributed by atoms with van der Waals surface area (Å²) in [6.45, 7) is 2.22. The quantitative estimate of drug-likeness (QED) is 0.571. The van der Waals surface area contributed by atoms with Crippen LogP contribution in [0.1, 0.15) is 23.6 Å². The van der Waals surface area contributed by atoms with Gasteiger partial charge >= 0.3 is 0 Å². The molecule has 0 saturated carbocycles. The fraction of sp³-hybridized carbons (Fsp3) is 0.188. The maximum Gasteiger partial charge on any atom is 0.0931 e. The molecule has 0 fully saturated rings. The summed E-state index contributed by atoms with van der Waals surface area (Å²) < 4.78 is 0.998. The van der Waals surface area contributed by atoms with Crippen molar-refractivity contribution in [1.29, 1.82) is 0 Å². The summed E-state index contributed by atoms with van der Waals surface area (Å²) in [7, 11) is 0. The fourth-order valence-electron chi connectivity index (χ4n) is 2.44. The highest BCUT2D eigenvalue weighted by atomic mass is 127. The lowest BCUT2D eigenvalue weighted by molar-refractivity contribution is 0.593. The number of aliphatic imine (C=N–C) groups is 1. The minimum Gasteiger partial charge on any atom is -0.272 e. The summed E-state index contributed by atoms with van der Waals surface area (Å²) in [6, 6.07) is 19.0. The second-order valence-corrected chi connectivity index (χ2v) is 5.54. The SMILES string of the molecule is CC1(CI)N=C(c2ccccc2)c2ccccc21. The Morgan fingerprint density at radius 1 is 1.00 bits per heavy atom. The molecule has 3 rings (SSSR count). The van der Waals surface area contributed by atoms with E-state index in [1.54, 1.807) is 0 Å². The van der Waals surface area contributed by atoms with E-state index in [1.165, 1.54) is 16.7 Å². The van der Waals surface area contributed by atoms with Gasteiger partial charge in [0.25, 0.3) is 0 Å². The predicted molar refractivity (Wildman–Crippen MR) is 84.8 cm³/mol. The fourth-order valence-corrected chi connectivity index (χ4v) is 3.03. The van der Waals surface area contributed by atoms with E-state index in [0.717, 1.165) is 10.1 Å². The third-order valence-corrected chi connectivity index (χ3v) is 4.91. The lowest BCUT2D eigenvalue weighted by Gasteiger charge is -2.18. The van der Waals surface area contributed by atoms with Gasteiger partial charge in [0.05, 0.1) is 11.3 Å². The van der Waals surface area contributed by atoms with Gasteiger partial charge < -0.3 is 0 Å². The Morgan fingerprint density at radius 2 is 1.67 bits per heavy atom. The number of hydrogen-bond donors (Lipinski definition) is 0. The first-order chi connectivity index (χ1) is 8.74.